The summed E-state index contributed by atoms with van der Waals surface area (Å²) in [6.45, 7) is 5.58. The van der Waals surface area contributed by atoms with E-state index in [1.54, 1.807) is 0 Å². The molecule has 5 heteroatoms. The molecule has 0 saturated carbocycles. The Bertz CT molecular complexity index is 425. The van der Waals surface area contributed by atoms with Crippen LogP contribution >= 0.6 is 0 Å². The third kappa shape index (κ3) is 2.46. The highest BCUT2D eigenvalue weighted by molar-refractivity contribution is 5.66. The Hall–Kier alpha value is -1.23. The molecule has 102 valence electrons. The molecule has 5 nitrogen and oxygen atoms in total. The second-order valence-electron chi connectivity index (χ2n) is 5.58. The quantitative estimate of drug-likeness (QED) is 0.851. The van der Waals surface area contributed by atoms with Crippen molar-refractivity contribution < 1.29 is 5.11 Å². The van der Waals surface area contributed by atoms with E-state index in [0.29, 0.717) is 6.54 Å². The average Bonchev–Trinajstić information content (AvgIpc) is 2.53. The number of rotatable bonds is 3. The molecule has 0 bridgehead atoms. The third-order valence-corrected chi connectivity index (χ3v) is 3.59. The molecule has 2 heterocycles. The zero-order valence-corrected chi connectivity index (χ0v) is 11.6. The van der Waals surface area contributed by atoms with E-state index >= 15 is 0 Å². The van der Waals surface area contributed by atoms with Crippen LogP contribution in [0.2, 0.25) is 0 Å². The van der Waals surface area contributed by atoms with Crippen molar-refractivity contribution in [2.75, 3.05) is 23.7 Å². The second kappa shape index (κ2) is 4.80. The molecule has 0 aliphatic carbocycles. The smallest absolute Gasteiger partial charge is 0.150 e. The summed E-state index contributed by atoms with van der Waals surface area (Å²) in [6, 6.07) is 0. The zero-order chi connectivity index (χ0) is 13.3. The van der Waals surface area contributed by atoms with E-state index in [0.717, 1.165) is 49.4 Å². The average molecular weight is 252 g/mol. The van der Waals surface area contributed by atoms with E-state index in [-0.39, 0.29) is 0 Å². The second-order valence-corrected chi connectivity index (χ2v) is 5.58. The number of nitrogens with zero attached hydrogens (tertiary/aromatic N) is 3. The molecule has 3 N–H and O–H groups in total. The minimum atomic E-state index is -0.625. The van der Waals surface area contributed by atoms with Gasteiger partial charge in [-0.05, 0) is 26.2 Å². The number of anilines is 2. The number of aryl methyl sites for hydroxylation is 2. The third-order valence-electron chi connectivity index (χ3n) is 3.59. The topological polar surface area (TPSA) is 67.3 Å². The van der Waals surface area contributed by atoms with Crippen LogP contribution in [0.15, 0.2) is 0 Å². The largest absolute Gasteiger partial charge is 0.394 e. The van der Waals surface area contributed by atoms with Gasteiger partial charge in [-0.15, -0.1) is 0 Å². The monoisotopic (exact) mass is 252 g/mol. The van der Waals surface area contributed by atoms with Gasteiger partial charge in [0.2, 0.25) is 0 Å². The molecule has 1 aliphatic rings. The number of hydrogen-bond acceptors (Lipinski definition) is 4. The number of β-amino-alcohol motifs (C(OH)–C–C–N with tert-alkyl or cyclic N) is 1. The van der Waals surface area contributed by atoms with Crippen LogP contribution in [-0.4, -0.2) is 33.6 Å². The fraction of sp³-hybridized carbons (Fsp3) is 0.769. The van der Waals surface area contributed by atoms with Crippen molar-refractivity contribution in [2.45, 2.75) is 45.1 Å². The summed E-state index contributed by atoms with van der Waals surface area (Å²) >= 11 is 0. The van der Waals surface area contributed by atoms with Crippen molar-refractivity contribution in [2.24, 2.45) is 7.05 Å². The van der Waals surface area contributed by atoms with E-state index < -0.39 is 5.60 Å². The molecule has 1 atom stereocenters. The fourth-order valence-electron chi connectivity index (χ4n) is 2.78. The Labute approximate surface area is 109 Å². The predicted molar refractivity (Wildman–Crippen MR) is 73.7 cm³/mol. The van der Waals surface area contributed by atoms with E-state index in [4.69, 9.17) is 5.73 Å². The highest BCUT2D eigenvalue weighted by atomic mass is 16.3. The van der Waals surface area contributed by atoms with E-state index in [9.17, 15) is 5.11 Å². The Morgan fingerprint density at radius 2 is 2.22 bits per heavy atom. The minimum Gasteiger partial charge on any atom is -0.394 e. The molecule has 2 rings (SSSR count). The SMILES string of the molecule is CCCc1nn(C)c(N2CCCC(C)(O)C2)c1N. The van der Waals surface area contributed by atoms with Gasteiger partial charge in [0.25, 0.3) is 0 Å². The van der Waals surface area contributed by atoms with Gasteiger partial charge in [0.15, 0.2) is 5.82 Å². The number of aliphatic hydroxyl groups is 1. The molecule has 18 heavy (non-hydrogen) atoms. The molecular weight excluding hydrogens is 228 g/mol. The van der Waals surface area contributed by atoms with Crippen LogP contribution in [0, 0.1) is 0 Å². The molecule has 0 aromatic carbocycles. The van der Waals surface area contributed by atoms with Crippen LogP contribution in [0.25, 0.3) is 0 Å². The van der Waals surface area contributed by atoms with Gasteiger partial charge in [0.05, 0.1) is 17.0 Å². The summed E-state index contributed by atoms with van der Waals surface area (Å²) in [7, 11) is 1.92. The maximum absolute atomic E-state index is 10.2. The first-order chi connectivity index (χ1) is 8.44. The number of nitrogen functional groups attached to an aromatic ring is 1. The van der Waals surface area contributed by atoms with Crippen LogP contribution in [0.4, 0.5) is 11.5 Å². The van der Waals surface area contributed by atoms with Gasteiger partial charge in [-0.1, -0.05) is 13.3 Å². The highest BCUT2D eigenvalue weighted by Gasteiger charge is 2.31. The van der Waals surface area contributed by atoms with Crippen molar-refractivity contribution in [1.29, 1.82) is 0 Å². The number of hydrogen-bond donors (Lipinski definition) is 2. The van der Waals surface area contributed by atoms with Gasteiger partial charge in [0.1, 0.15) is 0 Å². The lowest BCUT2D eigenvalue weighted by molar-refractivity contribution is 0.0445. The molecule has 1 fully saturated rings. The molecule has 1 aromatic heterocycles. The Balaban J connectivity index is 2.27. The normalized spacial score (nSPS) is 24.6. The summed E-state index contributed by atoms with van der Waals surface area (Å²) < 4.78 is 1.85. The van der Waals surface area contributed by atoms with E-state index in [2.05, 4.69) is 16.9 Å². The summed E-state index contributed by atoms with van der Waals surface area (Å²) in [5, 5.41) is 14.7. The van der Waals surface area contributed by atoms with Crippen LogP contribution in [-0.2, 0) is 13.5 Å². The van der Waals surface area contributed by atoms with Gasteiger partial charge in [-0.25, -0.2) is 0 Å². The van der Waals surface area contributed by atoms with Crippen LogP contribution in [0.1, 0.15) is 38.8 Å². The first-order valence-corrected chi connectivity index (χ1v) is 6.73. The Kier molecular flexibility index (Phi) is 3.52. The fourth-order valence-corrected chi connectivity index (χ4v) is 2.78. The van der Waals surface area contributed by atoms with Crippen LogP contribution < -0.4 is 10.6 Å². The van der Waals surface area contributed by atoms with Gasteiger partial charge < -0.3 is 15.7 Å². The Morgan fingerprint density at radius 1 is 1.50 bits per heavy atom. The number of piperidine rings is 1. The van der Waals surface area contributed by atoms with E-state index in [1.165, 1.54) is 0 Å². The molecule has 1 aliphatic heterocycles. The molecular formula is C13H24N4O. The first kappa shape index (κ1) is 13.2. The summed E-state index contributed by atoms with van der Waals surface area (Å²) in [4.78, 5) is 2.16. The predicted octanol–water partition coefficient (Wildman–Crippen LogP) is 1.31. The van der Waals surface area contributed by atoms with Crippen molar-refractivity contribution in [3.63, 3.8) is 0 Å². The van der Waals surface area contributed by atoms with Crippen LogP contribution in [0.3, 0.4) is 0 Å². The first-order valence-electron chi connectivity index (χ1n) is 6.73. The van der Waals surface area contributed by atoms with Crippen molar-refractivity contribution >= 4 is 11.5 Å². The molecule has 1 aromatic rings. The highest BCUT2D eigenvalue weighted by Crippen LogP contribution is 2.31. The lowest BCUT2D eigenvalue weighted by atomic mass is 9.95. The lowest BCUT2D eigenvalue weighted by Gasteiger charge is -2.38. The van der Waals surface area contributed by atoms with Crippen molar-refractivity contribution in [1.82, 2.24) is 9.78 Å². The Morgan fingerprint density at radius 3 is 2.83 bits per heavy atom. The summed E-state index contributed by atoms with van der Waals surface area (Å²) in [5.74, 6) is 0.957. The maximum Gasteiger partial charge on any atom is 0.150 e. The van der Waals surface area contributed by atoms with Gasteiger partial charge >= 0.3 is 0 Å². The molecule has 0 radical (unpaired) electrons. The summed E-state index contributed by atoms with van der Waals surface area (Å²) in [6.07, 6.45) is 3.78. The molecule has 1 unspecified atom stereocenters. The lowest BCUT2D eigenvalue weighted by Crippen LogP contribution is -2.47. The van der Waals surface area contributed by atoms with Gasteiger partial charge in [-0.2, -0.15) is 5.10 Å². The van der Waals surface area contributed by atoms with Crippen molar-refractivity contribution in [3.05, 3.63) is 5.69 Å². The molecule has 0 spiro atoms. The van der Waals surface area contributed by atoms with Crippen molar-refractivity contribution in [3.8, 4) is 0 Å². The maximum atomic E-state index is 10.2. The number of aromatic nitrogens is 2. The molecule has 1 saturated heterocycles. The van der Waals surface area contributed by atoms with Gasteiger partial charge in [-0.3, -0.25) is 4.68 Å². The minimum absolute atomic E-state index is 0.625. The number of nitrogens with two attached hydrogens (primary N) is 1. The van der Waals surface area contributed by atoms with Gasteiger partial charge in [0, 0.05) is 20.1 Å². The van der Waals surface area contributed by atoms with Crippen LogP contribution in [0.5, 0.6) is 0 Å². The summed E-state index contributed by atoms with van der Waals surface area (Å²) in [5.41, 5.74) is 7.33. The standard InChI is InChI=1S/C13H24N4O/c1-4-6-10-11(14)12(16(3)15-10)17-8-5-7-13(2,18)9-17/h18H,4-9,14H2,1-3H3. The van der Waals surface area contributed by atoms with E-state index in [1.807, 2.05) is 18.7 Å². The molecule has 0 amide bonds. The zero-order valence-electron chi connectivity index (χ0n) is 11.6.